The van der Waals surface area contributed by atoms with E-state index in [1.165, 1.54) is 0 Å². The summed E-state index contributed by atoms with van der Waals surface area (Å²) in [6, 6.07) is 8.03. The SMILES string of the molecule is CCC(CC)(CC)COc1cccc(OCC2(CC)COC2)c1. The monoisotopic (exact) mass is 320 g/mol. The van der Waals surface area contributed by atoms with Crippen molar-refractivity contribution in [3.05, 3.63) is 24.3 Å². The van der Waals surface area contributed by atoms with Crippen molar-refractivity contribution in [2.45, 2.75) is 53.4 Å². The molecular formula is C20H32O3. The van der Waals surface area contributed by atoms with Crippen LogP contribution in [0.4, 0.5) is 0 Å². The van der Waals surface area contributed by atoms with E-state index in [9.17, 15) is 0 Å². The van der Waals surface area contributed by atoms with Gasteiger partial charge in [0.1, 0.15) is 11.5 Å². The maximum atomic E-state index is 6.08. The normalized spacial score (nSPS) is 16.7. The molecule has 23 heavy (non-hydrogen) atoms. The maximum absolute atomic E-state index is 6.08. The number of ether oxygens (including phenoxy) is 3. The Morgan fingerprint density at radius 2 is 1.61 bits per heavy atom. The van der Waals surface area contributed by atoms with Crippen molar-refractivity contribution >= 4 is 0 Å². The van der Waals surface area contributed by atoms with Gasteiger partial charge in [-0.25, -0.2) is 0 Å². The second-order valence-corrected chi connectivity index (χ2v) is 6.96. The summed E-state index contributed by atoms with van der Waals surface area (Å²) in [6.07, 6.45) is 4.54. The van der Waals surface area contributed by atoms with E-state index >= 15 is 0 Å². The molecule has 1 aliphatic rings. The molecule has 0 radical (unpaired) electrons. The third-order valence-electron chi connectivity index (χ3n) is 5.71. The molecule has 0 aromatic heterocycles. The van der Waals surface area contributed by atoms with E-state index in [1.807, 2.05) is 24.3 Å². The maximum Gasteiger partial charge on any atom is 0.123 e. The van der Waals surface area contributed by atoms with Gasteiger partial charge in [-0.2, -0.15) is 0 Å². The number of benzene rings is 1. The molecule has 0 saturated carbocycles. The molecule has 1 saturated heterocycles. The van der Waals surface area contributed by atoms with Gasteiger partial charge in [0.2, 0.25) is 0 Å². The van der Waals surface area contributed by atoms with Crippen molar-refractivity contribution in [3.63, 3.8) is 0 Å². The Balaban J connectivity index is 1.91. The highest BCUT2D eigenvalue weighted by atomic mass is 16.5. The molecule has 1 fully saturated rings. The van der Waals surface area contributed by atoms with E-state index in [-0.39, 0.29) is 10.8 Å². The average molecular weight is 320 g/mol. The minimum Gasteiger partial charge on any atom is -0.493 e. The molecule has 0 bridgehead atoms. The minimum absolute atomic E-state index is 0.207. The fraction of sp³-hybridized carbons (Fsp3) is 0.700. The first-order valence-corrected chi connectivity index (χ1v) is 9.04. The Morgan fingerprint density at radius 1 is 1.00 bits per heavy atom. The minimum atomic E-state index is 0.207. The van der Waals surface area contributed by atoms with Gasteiger partial charge in [0.05, 0.1) is 31.8 Å². The molecule has 0 aliphatic carbocycles. The van der Waals surface area contributed by atoms with Gasteiger partial charge >= 0.3 is 0 Å². The highest BCUT2D eigenvalue weighted by Gasteiger charge is 2.37. The van der Waals surface area contributed by atoms with Gasteiger partial charge in [-0.15, -0.1) is 0 Å². The summed E-state index contributed by atoms with van der Waals surface area (Å²) in [4.78, 5) is 0. The zero-order chi connectivity index (χ0) is 16.8. The van der Waals surface area contributed by atoms with Gasteiger partial charge in [-0.05, 0) is 37.8 Å². The van der Waals surface area contributed by atoms with Gasteiger partial charge in [0, 0.05) is 11.5 Å². The summed E-state index contributed by atoms with van der Waals surface area (Å²) in [6.45, 7) is 12.1. The van der Waals surface area contributed by atoms with Crippen molar-refractivity contribution in [1.29, 1.82) is 0 Å². The van der Waals surface area contributed by atoms with Crippen LogP contribution in [0.2, 0.25) is 0 Å². The molecule has 1 heterocycles. The lowest BCUT2D eigenvalue weighted by Crippen LogP contribution is -2.46. The van der Waals surface area contributed by atoms with Crippen LogP contribution in [0.1, 0.15) is 53.4 Å². The summed E-state index contributed by atoms with van der Waals surface area (Å²) in [5.74, 6) is 1.79. The molecule has 1 aromatic carbocycles. The van der Waals surface area contributed by atoms with Crippen LogP contribution in [0.5, 0.6) is 11.5 Å². The molecule has 0 spiro atoms. The molecule has 3 heteroatoms. The molecule has 0 atom stereocenters. The predicted octanol–water partition coefficient (Wildman–Crippen LogP) is 5.09. The van der Waals surface area contributed by atoms with Gasteiger partial charge in [-0.1, -0.05) is 33.8 Å². The largest absolute Gasteiger partial charge is 0.493 e. The molecule has 1 aliphatic heterocycles. The Labute approximate surface area is 141 Å². The van der Waals surface area contributed by atoms with Crippen molar-refractivity contribution in [2.24, 2.45) is 10.8 Å². The van der Waals surface area contributed by atoms with E-state index in [0.29, 0.717) is 0 Å². The summed E-state index contributed by atoms with van der Waals surface area (Å²) < 4.78 is 17.4. The number of hydrogen-bond donors (Lipinski definition) is 0. The summed E-state index contributed by atoms with van der Waals surface area (Å²) in [7, 11) is 0. The first-order chi connectivity index (χ1) is 11.1. The third-order valence-corrected chi connectivity index (χ3v) is 5.71. The summed E-state index contributed by atoms with van der Waals surface area (Å²) >= 11 is 0. The zero-order valence-corrected chi connectivity index (χ0v) is 15.2. The molecule has 0 unspecified atom stereocenters. The van der Waals surface area contributed by atoms with Crippen LogP contribution >= 0.6 is 0 Å². The molecule has 3 nitrogen and oxygen atoms in total. The lowest BCUT2D eigenvalue weighted by atomic mass is 9.81. The van der Waals surface area contributed by atoms with Crippen LogP contribution in [-0.2, 0) is 4.74 Å². The first kappa shape index (κ1) is 18.1. The van der Waals surface area contributed by atoms with Gasteiger partial charge in [0.15, 0.2) is 0 Å². The Kier molecular flexibility index (Phi) is 6.34. The van der Waals surface area contributed by atoms with E-state index < -0.39 is 0 Å². The van der Waals surface area contributed by atoms with E-state index in [1.54, 1.807) is 0 Å². The van der Waals surface area contributed by atoms with Crippen LogP contribution < -0.4 is 9.47 Å². The van der Waals surface area contributed by atoms with Crippen LogP contribution in [0.25, 0.3) is 0 Å². The van der Waals surface area contributed by atoms with Crippen molar-refractivity contribution in [3.8, 4) is 11.5 Å². The standard InChI is InChI=1S/C20H32O3/c1-5-19(6-2,7-3)15-22-17-10-9-11-18(12-17)23-16-20(8-4)13-21-14-20/h9-12H,5-8,13-16H2,1-4H3. The lowest BCUT2D eigenvalue weighted by Gasteiger charge is -2.40. The van der Waals surface area contributed by atoms with E-state index in [4.69, 9.17) is 14.2 Å². The van der Waals surface area contributed by atoms with Crippen LogP contribution in [0, 0.1) is 10.8 Å². The predicted molar refractivity (Wildman–Crippen MR) is 94.3 cm³/mol. The fourth-order valence-corrected chi connectivity index (χ4v) is 2.96. The van der Waals surface area contributed by atoms with Gasteiger partial charge in [-0.3, -0.25) is 0 Å². The highest BCUT2D eigenvalue weighted by molar-refractivity contribution is 5.33. The molecule has 2 rings (SSSR count). The average Bonchev–Trinajstić information content (AvgIpc) is 2.56. The fourth-order valence-electron chi connectivity index (χ4n) is 2.96. The molecular weight excluding hydrogens is 288 g/mol. The van der Waals surface area contributed by atoms with E-state index in [0.717, 1.165) is 63.6 Å². The van der Waals surface area contributed by atoms with Crippen LogP contribution in [0.3, 0.4) is 0 Å². The third kappa shape index (κ3) is 4.41. The van der Waals surface area contributed by atoms with Crippen molar-refractivity contribution in [2.75, 3.05) is 26.4 Å². The Morgan fingerprint density at radius 3 is 2.09 bits per heavy atom. The van der Waals surface area contributed by atoms with Gasteiger partial charge < -0.3 is 14.2 Å². The number of rotatable bonds is 10. The van der Waals surface area contributed by atoms with Crippen molar-refractivity contribution < 1.29 is 14.2 Å². The second kappa shape index (κ2) is 8.05. The smallest absolute Gasteiger partial charge is 0.123 e. The zero-order valence-electron chi connectivity index (χ0n) is 15.2. The Hall–Kier alpha value is -1.22. The van der Waals surface area contributed by atoms with Gasteiger partial charge in [0.25, 0.3) is 0 Å². The number of hydrogen-bond acceptors (Lipinski definition) is 3. The quantitative estimate of drug-likeness (QED) is 0.601. The molecule has 1 aromatic rings. The highest BCUT2D eigenvalue weighted by Crippen LogP contribution is 2.34. The Bertz CT molecular complexity index is 462. The topological polar surface area (TPSA) is 27.7 Å². The second-order valence-electron chi connectivity index (χ2n) is 6.96. The van der Waals surface area contributed by atoms with E-state index in [2.05, 4.69) is 27.7 Å². The van der Waals surface area contributed by atoms with Crippen LogP contribution in [-0.4, -0.2) is 26.4 Å². The molecule has 130 valence electrons. The molecule has 0 amide bonds. The summed E-state index contributed by atoms with van der Waals surface area (Å²) in [5, 5.41) is 0. The lowest BCUT2D eigenvalue weighted by molar-refractivity contribution is -0.133. The summed E-state index contributed by atoms with van der Waals surface area (Å²) in [5.41, 5.74) is 0.491. The van der Waals surface area contributed by atoms with Crippen LogP contribution in [0.15, 0.2) is 24.3 Å². The van der Waals surface area contributed by atoms with Crippen molar-refractivity contribution in [1.82, 2.24) is 0 Å². The molecule has 0 N–H and O–H groups in total. The first-order valence-electron chi connectivity index (χ1n) is 9.04.